The van der Waals surface area contributed by atoms with E-state index < -0.39 is 5.60 Å². The molecule has 2 bridgehead atoms. The van der Waals surface area contributed by atoms with Crippen LogP contribution in [0, 0.1) is 0 Å². The number of ether oxygens (including phenoxy) is 1. The first-order valence-corrected chi connectivity index (χ1v) is 7.84. The largest absolute Gasteiger partial charge is 0.444 e. The normalized spacial score (nSPS) is 26.9. The van der Waals surface area contributed by atoms with E-state index in [2.05, 4.69) is 4.90 Å². The van der Waals surface area contributed by atoms with Gasteiger partial charge in [-0.3, -0.25) is 9.80 Å². The first-order valence-electron chi connectivity index (χ1n) is 7.84. The summed E-state index contributed by atoms with van der Waals surface area (Å²) in [5.41, 5.74) is 5.14. The highest BCUT2D eigenvalue weighted by atomic mass is 16.6. The summed E-state index contributed by atoms with van der Waals surface area (Å²) in [5.74, 6) is 0. The molecule has 1 amide bonds. The first kappa shape index (κ1) is 15.6. The molecule has 0 aromatic carbocycles. The number of nitrogens with two attached hydrogens (primary N) is 1. The fourth-order valence-corrected chi connectivity index (χ4v) is 3.27. The van der Waals surface area contributed by atoms with Crippen LogP contribution >= 0.6 is 0 Å². The van der Waals surface area contributed by atoms with Crippen LogP contribution in [0.4, 0.5) is 4.79 Å². The van der Waals surface area contributed by atoms with Gasteiger partial charge in [0.2, 0.25) is 0 Å². The number of likely N-dealkylation sites (tertiary alicyclic amines) is 1. The summed E-state index contributed by atoms with van der Waals surface area (Å²) in [5, 5.41) is 0. The predicted molar refractivity (Wildman–Crippen MR) is 79.6 cm³/mol. The van der Waals surface area contributed by atoms with Crippen molar-refractivity contribution in [3.05, 3.63) is 0 Å². The van der Waals surface area contributed by atoms with Gasteiger partial charge in [-0.1, -0.05) is 0 Å². The van der Waals surface area contributed by atoms with Gasteiger partial charge in [0.05, 0.1) is 0 Å². The standard InChI is InChI=1S/C15H29N3O2/c1-15(2,3)20-14(19)18-12-6-7-13(18)11-17(10-12)9-5-4-8-16/h12-13H,4-11,16H2,1-3H3. The van der Waals surface area contributed by atoms with Crippen LogP contribution in [0.3, 0.4) is 0 Å². The van der Waals surface area contributed by atoms with Crippen LogP contribution in [-0.2, 0) is 4.74 Å². The van der Waals surface area contributed by atoms with Crippen molar-refractivity contribution in [2.75, 3.05) is 26.2 Å². The van der Waals surface area contributed by atoms with Crippen molar-refractivity contribution in [1.29, 1.82) is 0 Å². The average Bonchev–Trinajstić information content (AvgIpc) is 2.60. The van der Waals surface area contributed by atoms with Gasteiger partial charge in [-0.2, -0.15) is 0 Å². The average molecular weight is 283 g/mol. The maximum absolute atomic E-state index is 12.3. The Hall–Kier alpha value is -0.810. The van der Waals surface area contributed by atoms with E-state index in [1.807, 2.05) is 25.7 Å². The van der Waals surface area contributed by atoms with E-state index in [-0.39, 0.29) is 6.09 Å². The molecular formula is C15H29N3O2. The number of nitrogens with zero attached hydrogens (tertiary/aromatic N) is 2. The highest BCUT2D eigenvalue weighted by molar-refractivity contribution is 5.69. The number of piperazine rings is 1. The molecule has 0 radical (unpaired) electrons. The van der Waals surface area contributed by atoms with Crippen molar-refractivity contribution in [3.63, 3.8) is 0 Å². The molecule has 5 heteroatoms. The molecule has 116 valence electrons. The third-order valence-electron chi connectivity index (χ3n) is 4.09. The van der Waals surface area contributed by atoms with Gasteiger partial charge in [-0.15, -0.1) is 0 Å². The van der Waals surface area contributed by atoms with Crippen LogP contribution in [0.5, 0.6) is 0 Å². The fraction of sp³-hybridized carbons (Fsp3) is 0.933. The number of amides is 1. The lowest BCUT2D eigenvalue weighted by Crippen LogP contribution is -2.56. The summed E-state index contributed by atoms with van der Waals surface area (Å²) in [4.78, 5) is 16.8. The van der Waals surface area contributed by atoms with Gasteiger partial charge >= 0.3 is 6.09 Å². The number of unbranched alkanes of at least 4 members (excludes halogenated alkanes) is 1. The second kappa shape index (κ2) is 6.31. The number of carbonyl (C=O) groups excluding carboxylic acids is 1. The summed E-state index contributed by atoms with van der Waals surface area (Å²) < 4.78 is 5.54. The zero-order valence-corrected chi connectivity index (χ0v) is 13.1. The Bertz CT molecular complexity index is 327. The Morgan fingerprint density at radius 3 is 2.30 bits per heavy atom. The number of carbonyl (C=O) groups is 1. The van der Waals surface area contributed by atoms with Crippen LogP contribution in [0.1, 0.15) is 46.5 Å². The maximum Gasteiger partial charge on any atom is 0.410 e. The molecule has 0 saturated carbocycles. The molecule has 2 saturated heterocycles. The summed E-state index contributed by atoms with van der Waals surface area (Å²) in [6.07, 6.45) is 4.32. The van der Waals surface area contributed by atoms with E-state index in [4.69, 9.17) is 10.5 Å². The van der Waals surface area contributed by atoms with Gasteiger partial charge in [0.1, 0.15) is 5.60 Å². The van der Waals surface area contributed by atoms with Crippen molar-refractivity contribution in [2.24, 2.45) is 5.73 Å². The molecule has 0 aromatic rings. The number of rotatable bonds is 4. The molecule has 0 aromatic heterocycles. The van der Waals surface area contributed by atoms with Gasteiger partial charge in [0.15, 0.2) is 0 Å². The molecule has 2 rings (SSSR count). The fourth-order valence-electron chi connectivity index (χ4n) is 3.27. The molecule has 2 unspecified atom stereocenters. The first-order chi connectivity index (χ1) is 9.40. The third kappa shape index (κ3) is 3.85. The van der Waals surface area contributed by atoms with Gasteiger partial charge in [0.25, 0.3) is 0 Å². The minimum atomic E-state index is -0.408. The Kier molecular flexibility index (Phi) is 4.91. The lowest BCUT2D eigenvalue weighted by Gasteiger charge is -2.41. The zero-order chi connectivity index (χ0) is 14.8. The lowest BCUT2D eigenvalue weighted by molar-refractivity contribution is -0.00448. The molecular weight excluding hydrogens is 254 g/mol. The smallest absolute Gasteiger partial charge is 0.410 e. The molecule has 2 fully saturated rings. The van der Waals surface area contributed by atoms with Crippen molar-refractivity contribution in [1.82, 2.24) is 9.80 Å². The minimum Gasteiger partial charge on any atom is -0.444 e. The Labute approximate surface area is 122 Å². The second-order valence-electron chi connectivity index (χ2n) is 7.03. The lowest BCUT2D eigenvalue weighted by atomic mass is 10.1. The van der Waals surface area contributed by atoms with Crippen LogP contribution in [-0.4, -0.2) is 59.8 Å². The SMILES string of the molecule is CC(C)(C)OC(=O)N1C2CCC1CN(CCCCN)C2. The highest BCUT2D eigenvalue weighted by Crippen LogP contribution is 2.31. The van der Waals surface area contributed by atoms with E-state index in [1.165, 1.54) is 0 Å². The predicted octanol–water partition coefficient (Wildman–Crippen LogP) is 1.81. The van der Waals surface area contributed by atoms with E-state index in [9.17, 15) is 4.79 Å². The molecule has 2 aliphatic heterocycles. The van der Waals surface area contributed by atoms with Crippen LogP contribution in [0.15, 0.2) is 0 Å². The van der Waals surface area contributed by atoms with E-state index in [1.54, 1.807) is 0 Å². The Balaban J connectivity index is 1.88. The summed E-state index contributed by atoms with van der Waals surface area (Å²) >= 11 is 0. The van der Waals surface area contributed by atoms with Crippen LogP contribution in [0.25, 0.3) is 0 Å². The summed E-state index contributed by atoms with van der Waals surface area (Å²) in [6, 6.07) is 0.669. The second-order valence-corrected chi connectivity index (χ2v) is 7.03. The van der Waals surface area contributed by atoms with Gasteiger partial charge < -0.3 is 10.5 Å². The Morgan fingerprint density at radius 1 is 1.20 bits per heavy atom. The number of hydrogen-bond donors (Lipinski definition) is 1. The molecule has 2 heterocycles. The molecule has 2 N–H and O–H groups in total. The van der Waals surface area contributed by atoms with Gasteiger partial charge in [-0.25, -0.2) is 4.79 Å². The van der Waals surface area contributed by atoms with E-state index >= 15 is 0 Å². The molecule has 0 spiro atoms. The number of hydrogen-bond acceptors (Lipinski definition) is 4. The Morgan fingerprint density at radius 2 is 1.80 bits per heavy atom. The quantitative estimate of drug-likeness (QED) is 0.799. The summed E-state index contributed by atoms with van der Waals surface area (Å²) in [6.45, 7) is 9.62. The molecule has 5 nitrogen and oxygen atoms in total. The minimum absolute atomic E-state index is 0.133. The highest BCUT2D eigenvalue weighted by Gasteiger charge is 2.43. The molecule has 0 aliphatic carbocycles. The number of fused-ring (bicyclic) bond motifs is 2. The molecule has 2 aliphatic rings. The van der Waals surface area contributed by atoms with Crippen molar-refractivity contribution in [3.8, 4) is 0 Å². The third-order valence-corrected chi connectivity index (χ3v) is 4.09. The van der Waals surface area contributed by atoms with Crippen molar-refractivity contribution < 1.29 is 9.53 Å². The van der Waals surface area contributed by atoms with Crippen LogP contribution in [0.2, 0.25) is 0 Å². The zero-order valence-electron chi connectivity index (χ0n) is 13.1. The van der Waals surface area contributed by atoms with Crippen molar-refractivity contribution in [2.45, 2.75) is 64.1 Å². The van der Waals surface area contributed by atoms with Gasteiger partial charge in [0, 0.05) is 25.2 Å². The van der Waals surface area contributed by atoms with Crippen molar-refractivity contribution >= 4 is 6.09 Å². The molecule has 20 heavy (non-hydrogen) atoms. The van der Waals surface area contributed by atoms with Gasteiger partial charge in [-0.05, 0) is 59.5 Å². The monoisotopic (exact) mass is 283 g/mol. The van der Waals surface area contributed by atoms with Crippen LogP contribution < -0.4 is 5.73 Å². The topological polar surface area (TPSA) is 58.8 Å². The molecule has 2 atom stereocenters. The summed E-state index contributed by atoms with van der Waals surface area (Å²) in [7, 11) is 0. The van der Waals surface area contributed by atoms with E-state index in [0.29, 0.717) is 12.1 Å². The van der Waals surface area contributed by atoms with E-state index in [0.717, 1.165) is 51.9 Å². The maximum atomic E-state index is 12.3.